The molecule has 0 heterocycles. The van der Waals surface area contributed by atoms with Gasteiger partial charge in [-0.2, -0.15) is 0 Å². The van der Waals surface area contributed by atoms with E-state index < -0.39 is 0 Å². The molecule has 1 fully saturated rings. The number of anilines is 1. The Hall–Kier alpha value is -1.05. The molecule has 16 heavy (non-hydrogen) atoms. The molecular formula is C14H20FN. The van der Waals surface area contributed by atoms with Crippen LogP contribution in [0, 0.1) is 18.2 Å². The van der Waals surface area contributed by atoms with E-state index in [-0.39, 0.29) is 5.82 Å². The molecule has 1 nitrogen and oxygen atoms in total. The van der Waals surface area contributed by atoms with Crippen molar-refractivity contribution in [3.8, 4) is 0 Å². The summed E-state index contributed by atoms with van der Waals surface area (Å²) in [6, 6.07) is 5.89. The molecular weight excluding hydrogens is 201 g/mol. The summed E-state index contributed by atoms with van der Waals surface area (Å²) in [6.07, 6.45) is 3.60. The second-order valence-corrected chi connectivity index (χ2v) is 5.71. The van der Waals surface area contributed by atoms with Gasteiger partial charge in [-0.25, -0.2) is 4.39 Å². The van der Waals surface area contributed by atoms with Gasteiger partial charge in [0.15, 0.2) is 0 Å². The molecule has 2 rings (SSSR count). The standard InChI is InChI=1S/C14H20FN/c1-10-4-5-11(8-13(10)15)16-12-6-7-14(2,3)9-12/h4-5,8,12,16H,6-7,9H2,1-3H3. The first-order chi connectivity index (χ1) is 7.46. The van der Waals surface area contributed by atoms with Gasteiger partial charge in [-0.1, -0.05) is 19.9 Å². The summed E-state index contributed by atoms with van der Waals surface area (Å²) >= 11 is 0. The molecule has 0 spiro atoms. The third-order valence-corrected chi connectivity index (χ3v) is 3.51. The highest BCUT2D eigenvalue weighted by molar-refractivity contribution is 5.46. The van der Waals surface area contributed by atoms with Crippen molar-refractivity contribution in [1.82, 2.24) is 0 Å². The van der Waals surface area contributed by atoms with Gasteiger partial charge in [0.2, 0.25) is 0 Å². The highest BCUT2D eigenvalue weighted by Gasteiger charge is 2.30. The normalized spacial score (nSPS) is 23.4. The van der Waals surface area contributed by atoms with Crippen LogP contribution in [0.25, 0.3) is 0 Å². The zero-order chi connectivity index (χ0) is 11.8. The van der Waals surface area contributed by atoms with E-state index in [0.717, 1.165) is 5.69 Å². The van der Waals surface area contributed by atoms with Gasteiger partial charge >= 0.3 is 0 Å². The highest BCUT2D eigenvalue weighted by atomic mass is 19.1. The van der Waals surface area contributed by atoms with Crippen molar-refractivity contribution in [3.05, 3.63) is 29.6 Å². The van der Waals surface area contributed by atoms with Gasteiger partial charge in [-0.05, 0) is 49.3 Å². The predicted molar refractivity (Wildman–Crippen MR) is 66.2 cm³/mol. The van der Waals surface area contributed by atoms with Crippen LogP contribution in [-0.2, 0) is 0 Å². The Bertz CT molecular complexity index is 384. The Kier molecular flexibility index (Phi) is 2.92. The lowest BCUT2D eigenvalue weighted by molar-refractivity contribution is 0.378. The van der Waals surface area contributed by atoms with E-state index in [4.69, 9.17) is 0 Å². The van der Waals surface area contributed by atoms with E-state index in [1.807, 2.05) is 12.1 Å². The average molecular weight is 221 g/mol. The Morgan fingerprint density at radius 3 is 2.69 bits per heavy atom. The number of aryl methyl sites for hydroxylation is 1. The summed E-state index contributed by atoms with van der Waals surface area (Å²) in [4.78, 5) is 0. The molecule has 1 unspecified atom stereocenters. The van der Waals surface area contributed by atoms with Crippen molar-refractivity contribution >= 4 is 5.69 Å². The largest absolute Gasteiger partial charge is 0.382 e. The zero-order valence-electron chi connectivity index (χ0n) is 10.3. The number of rotatable bonds is 2. The molecule has 0 saturated heterocycles. The first kappa shape index (κ1) is 11.4. The van der Waals surface area contributed by atoms with Gasteiger partial charge in [-0.3, -0.25) is 0 Å². The third kappa shape index (κ3) is 2.55. The van der Waals surface area contributed by atoms with Crippen molar-refractivity contribution < 1.29 is 4.39 Å². The fourth-order valence-corrected chi connectivity index (χ4v) is 2.48. The van der Waals surface area contributed by atoms with E-state index in [1.54, 1.807) is 13.0 Å². The predicted octanol–water partition coefficient (Wildman–Crippen LogP) is 4.12. The van der Waals surface area contributed by atoms with Gasteiger partial charge in [-0.15, -0.1) is 0 Å². The first-order valence-corrected chi connectivity index (χ1v) is 5.99. The minimum absolute atomic E-state index is 0.123. The quantitative estimate of drug-likeness (QED) is 0.792. The Morgan fingerprint density at radius 1 is 1.38 bits per heavy atom. The average Bonchev–Trinajstić information content (AvgIpc) is 2.52. The summed E-state index contributed by atoms with van der Waals surface area (Å²) in [5.41, 5.74) is 2.05. The minimum atomic E-state index is -0.123. The highest BCUT2D eigenvalue weighted by Crippen LogP contribution is 2.38. The molecule has 1 aliphatic carbocycles. The summed E-state index contributed by atoms with van der Waals surface area (Å²) in [6.45, 7) is 6.38. The van der Waals surface area contributed by atoms with Gasteiger partial charge in [0.25, 0.3) is 0 Å². The summed E-state index contributed by atoms with van der Waals surface area (Å²) in [5.74, 6) is -0.123. The molecule has 1 aliphatic rings. The maximum atomic E-state index is 13.4. The number of benzene rings is 1. The van der Waals surface area contributed by atoms with Crippen LogP contribution in [0.2, 0.25) is 0 Å². The number of halogens is 1. The molecule has 2 heteroatoms. The summed E-state index contributed by atoms with van der Waals surface area (Å²) in [5, 5.41) is 3.42. The van der Waals surface area contributed by atoms with E-state index in [0.29, 0.717) is 17.0 Å². The van der Waals surface area contributed by atoms with Gasteiger partial charge in [0.05, 0.1) is 0 Å². The number of nitrogens with one attached hydrogen (secondary N) is 1. The van der Waals surface area contributed by atoms with Crippen molar-refractivity contribution in [2.75, 3.05) is 5.32 Å². The van der Waals surface area contributed by atoms with Crippen LogP contribution in [0.3, 0.4) is 0 Å². The van der Waals surface area contributed by atoms with Crippen LogP contribution < -0.4 is 5.32 Å². The van der Waals surface area contributed by atoms with Crippen LogP contribution in [0.1, 0.15) is 38.7 Å². The van der Waals surface area contributed by atoms with Gasteiger partial charge in [0, 0.05) is 11.7 Å². The number of hydrogen-bond acceptors (Lipinski definition) is 1. The molecule has 0 amide bonds. The fraction of sp³-hybridized carbons (Fsp3) is 0.571. The van der Waals surface area contributed by atoms with Crippen molar-refractivity contribution in [2.24, 2.45) is 5.41 Å². The Morgan fingerprint density at radius 2 is 2.12 bits per heavy atom. The summed E-state index contributed by atoms with van der Waals surface area (Å²) in [7, 11) is 0. The lowest BCUT2D eigenvalue weighted by Gasteiger charge is -2.18. The number of hydrogen-bond donors (Lipinski definition) is 1. The topological polar surface area (TPSA) is 12.0 Å². The van der Waals surface area contributed by atoms with Crippen molar-refractivity contribution in [3.63, 3.8) is 0 Å². The Labute approximate surface area is 97.1 Å². The maximum Gasteiger partial charge on any atom is 0.128 e. The molecule has 1 saturated carbocycles. The molecule has 1 N–H and O–H groups in total. The smallest absolute Gasteiger partial charge is 0.128 e. The van der Waals surface area contributed by atoms with Crippen LogP contribution >= 0.6 is 0 Å². The fourth-order valence-electron chi connectivity index (χ4n) is 2.48. The van der Waals surface area contributed by atoms with Gasteiger partial charge < -0.3 is 5.32 Å². The summed E-state index contributed by atoms with van der Waals surface area (Å²) < 4.78 is 13.4. The first-order valence-electron chi connectivity index (χ1n) is 5.99. The van der Waals surface area contributed by atoms with E-state index in [1.165, 1.54) is 19.3 Å². The van der Waals surface area contributed by atoms with Crippen LogP contribution in [0.15, 0.2) is 18.2 Å². The second-order valence-electron chi connectivity index (χ2n) is 5.71. The van der Waals surface area contributed by atoms with Crippen LogP contribution in [0.5, 0.6) is 0 Å². The minimum Gasteiger partial charge on any atom is -0.382 e. The molecule has 1 aromatic carbocycles. The lowest BCUT2D eigenvalue weighted by atomic mass is 9.92. The molecule has 88 valence electrons. The maximum absolute atomic E-state index is 13.4. The Balaban J connectivity index is 2.02. The van der Waals surface area contributed by atoms with Crippen LogP contribution in [0.4, 0.5) is 10.1 Å². The third-order valence-electron chi connectivity index (χ3n) is 3.51. The molecule has 0 bridgehead atoms. The zero-order valence-corrected chi connectivity index (χ0v) is 10.3. The molecule has 0 radical (unpaired) electrons. The molecule has 1 atom stereocenters. The SMILES string of the molecule is Cc1ccc(NC2CCC(C)(C)C2)cc1F. The molecule has 0 aromatic heterocycles. The molecule has 1 aromatic rings. The van der Waals surface area contributed by atoms with Crippen molar-refractivity contribution in [1.29, 1.82) is 0 Å². The van der Waals surface area contributed by atoms with E-state index in [2.05, 4.69) is 19.2 Å². The van der Waals surface area contributed by atoms with E-state index >= 15 is 0 Å². The van der Waals surface area contributed by atoms with Gasteiger partial charge in [0.1, 0.15) is 5.82 Å². The monoisotopic (exact) mass is 221 g/mol. The van der Waals surface area contributed by atoms with Crippen molar-refractivity contribution in [2.45, 2.75) is 46.1 Å². The van der Waals surface area contributed by atoms with Crippen LogP contribution in [-0.4, -0.2) is 6.04 Å². The second kappa shape index (κ2) is 4.08. The molecule has 0 aliphatic heterocycles. The van der Waals surface area contributed by atoms with E-state index in [9.17, 15) is 4.39 Å². The lowest BCUT2D eigenvalue weighted by Crippen LogP contribution is -2.17.